The largest absolute Gasteiger partial charge is 3.00 e. The van der Waals surface area contributed by atoms with Gasteiger partial charge in [-0.15, -0.1) is 83.4 Å². The zero-order chi connectivity index (χ0) is 48.4. The molecule has 0 aliphatic heterocycles. The van der Waals surface area contributed by atoms with Crippen molar-refractivity contribution in [3.05, 3.63) is 261 Å². The Balaban J connectivity index is 0.00000596. The molecule has 0 atom stereocenters. The molecule has 11 rings (SSSR count). The van der Waals surface area contributed by atoms with Crippen LogP contribution in [0.4, 0.5) is 0 Å². The van der Waals surface area contributed by atoms with Gasteiger partial charge in [-0.05, 0) is 92.4 Å². The maximum atomic E-state index is 9.16. The van der Waals surface area contributed by atoms with Crippen molar-refractivity contribution in [2.24, 2.45) is 0 Å². The van der Waals surface area contributed by atoms with Crippen LogP contribution in [0.25, 0.3) is 112 Å². The van der Waals surface area contributed by atoms with Crippen LogP contribution in [-0.2, 0) is 20.1 Å². The number of hydrogen-bond acceptors (Lipinski definition) is 3. The van der Waals surface area contributed by atoms with Gasteiger partial charge in [-0.3, -0.25) is 0 Å². The van der Waals surface area contributed by atoms with E-state index in [4.69, 9.17) is 6.85 Å². The minimum atomic E-state index is -0.452. The molecule has 4 heteroatoms. The van der Waals surface area contributed by atoms with Crippen LogP contribution in [-0.4, -0.2) is 15.0 Å². The summed E-state index contributed by atoms with van der Waals surface area (Å²) >= 11 is 0. The first-order valence-corrected chi connectivity index (χ1v) is 21.7. The summed E-state index contributed by atoms with van der Waals surface area (Å²) in [6, 6.07) is 73.5. The summed E-state index contributed by atoms with van der Waals surface area (Å²) < 4.78 is 44.1. The molecule has 67 heavy (non-hydrogen) atoms. The fourth-order valence-electron chi connectivity index (χ4n) is 8.56. The summed E-state index contributed by atoms with van der Waals surface area (Å²) in [5, 5.41) is 0. The summed E-state index contributed by atoms with van der Waals surface area (Å²) in [4.78, 5) is 13.7. The number of pyridine rings is 3. The quantitative estimate of drug-likeness (QED) is 0.128. The molecule has 0 fully saturated rings. The van der Waals surface area contributed by atoms with Crippen LogP contribution in [0.15, 0.2) is 243 Å². The smallest absolute Gasteiger partial charge is 0.305 e. The molecule has 316 valence electrons. The van der Waals surface area contributed by atoms with E-state index in [1.165, 1.54) is 0 Å². The van der Waals surface area contributed by atoms with Gasteiger partial charge in [-0.1, -0.05) is 178 Å². The molecular formula is C63H40IrN3. The Kier molecular flexibility index (Phi) is 10.8. The van der Waals surface area contributed by atoms with Crippen molar-refractivity contribution in [3.63, 3.8) is 0 Å². The van der Waals surface area contributed by atoms with Gasteiger partial charge in [0, 0.05) is 18.6 Å². The van der Waals surface area contributed by atoms with E-state index >= 15 is 0 Å². The summed E-state index contributed by atoms with van der Waals surface area (Å²) in [5.74, 6) is 0. The molecular weight excluding hydrogens is 991 g/mol. The van der Waals surface area contributed by atoms with E-state index in [2.05, 4.69) is 130 Å². The van der Waals surface area contributed by atoms with Gasteiger partial charge in [0.15, 0.2) is 0 Å². The van der Waals surface area contributed by atoms with Crippen LogP contribution < -0.4 is 0 Å². The second-order valence-corrected chi connectivity index (χ2v) is 15.7. The molecule has 0 saturated heterocycles. The molecule has 0 saturated carbocycles. The minimum absolute atomic E-state index is 0. The molecule has 0 amide bonds. The van der Waals surface area contributed by atoms with Gasteiger partial charge < -0.3 is 15.0 Å². The Morgan fingerprint density at radius 3 is 1.10 bits per heavy atom. The SMILES string of the molecule is [2H]c1c([2H])c([2H])c(-c2cc(-c3ccccn3)[c-]cc2-c2ccccc2-c2cc(-c3ccccc3-c3c[c-]c(-c4ccccn4)cc3)cc(-c3ccccc3-c3c[c-]c(-c4ccccn4)cc3)c2)c([2H])c1[2H].[Ir+3]. The summed E-state index contributed by atoms with van der Waals surface area (Å²) in [7, 11) is 0. The van der Waals surface area contributed by atoms with Gasteiger partial charge in [0.05, 0.1) is 6.85 Å². The van der Waals surface area contributed by atoms with Crippen LogP contribution in [0.5, 0.6) is 0 Å². The van der Waals surface area contributed by atoms with E-state index in [1.54, 1.807) is 18.6 Å². The molecule has 3 aromatic heterocycles. The molecule has 3 heterocycles. The Bertz CT molecular complexity index is 3570. The van der Waals surface area contributed by atoms with Crippen LogP contribution >= 0.6 is 0 Å². The van der Waals surface area contributed by atoms with Crippen molar-refractivity contribution >= 4 is 0 Å². The van der Waals surface area contributed by atoms with E-state index in [1.807, 2.05) is 97.1 Å². The Morgan fingerprint density at radius 1 is 0.299 bits per heavy atom. The van der Waals surface area contributed by atoms with Gasteiger partial charge in [-0.25, -0.2) is 0 Å². The fraction of sp³-hybridized carbons (Fsp3) is 0. The molecule has 3 nitrogen and oxygen atoms in total. The number of nitrogens with zero attached hydrogens (tertiary/aromatic N) is 3. The van der Waals surface area contributed by atoms with Gasteiger partial charge in [0.1, 0.15) is 0 Å². The third-order valence-electron chi connectivity index (χ3n) is 11.7. The van der Waals surface area contributed by atoms with E-state index in [9.17, 15) is 0 Å². The number of aromatic nitrogens is 3. The maximum absolute atomic E-state index is 9.16. The molecule has 11 aromatic rings. The first-order chi connectivity index (χ1) is 34.8. The molecule has 0 N–H and O–H groups in total. The van der Waals surface area contributed by atoms with Crippen LogP contribution in [0.1, 0.15) is 6.85 Å². The second-order valence-electron chi connectivity index (χ2n) is 15.7. The average molecular weight is 1040 g/mol. The molecule has 0 radical (unpaired) electrons. The van der Waals surface area contributed by atoms with Crippen LogP contribution in [0, 0.1) is 18.2 Å². The Labute approximate surface area is 412 Å². The molecule has 0 unspecified atom stereocenters. The van der Waals surface area contributed by atoms with E-state index in [0.29, 0.717) is 22.4 Å². The van der Waals surface area contributed by atoms with Crippen molar-refractivity contribution in [1.82, 2.24) is 15.0 Å². The van der Waals surface area contributed by atoms with E-state index < -0.39 is 18.1 Å². The third kappa shape index (κ3) is 8.97. The topological polar surface area (TPSA) is 38.7 Å². The first-order valence-electron chi connectivity index (χ1n) is 24.2. The van der Waals surface area contributed by atoms with Crippen molar-refractivity contribution in [2.45, 2.75) is 0 Å². The average Bonchev–Trinajstić information content (AvgIpc) is 3.45. The molecule has 0 bridgehead atoms. The predicted molar refractivity (Wildman–Crippen MR) is 271 cm³/mol. The zero-order valence-electron chi connectivity index (χ0n) is 40.9. The fourth-order valence-corrected chi connectivity index (χ4v) is 8.56. The van der Waals surface area contributed by atoms with Crippen molar-refractivity contribution < 1.29 is 27.0 Å². The standard InChI is InChI=1S/C63H40N3.Ir/c1-2-16-44(17-3-1)60-43-49(63-26-12-15-39-66-63)35-36-59(60)58-23-9-8-22-57(58)52-41-50(55-20-6-4-18-53(55)45-27-31-47(32-28-45)61-24-10-13-37-64-61)40-51(42-52)56-21-7-5-19-54(56)46-29-33-48(34-30-46)62-25-11-14-38-65-62;/h1-31,33,36-43H;/q-3;+3/i1D,2D,3D,16D,17D;. The van der Waals surface area contributed by atoms with Gasteiger partial charge in [0.2, 0.25) is 0 Å². The van der Waals surface area contributed by atoms with Crippen molar-refractivity contribution in [1.29, 1.82) is 0 Å². The molecule has 0 spiro atoms. The van der Waals surface area contributed by atoms with E-state index in [0.717, 1.165) is 83.7 Å². The monoisotopic (exact) mass is 1040 g/mol. The molecule has 0 aliphatic carbocycles. The van der Waals surface area contributed by atoms with Gasteiger partial charge in [0.25, 0.3) is 0 Å². The number of hydrogen-bond donors (Lipinski definition) is 0. The molecule has 8 aromatic carbocycles. The van der Waals surface area contributed by atoms with E-state index in [-0.39, 0.29) is 37.8 Å². The first kappa shape index (κ1) is 37.1. The minimum Gasteiger partial charge on any atom is -0.305 e. The van der Waals surface area contributed by atoms with Crippen molar-refractivity contribution in [3.8, 4) is 112 Å². The van der Waals surface area contributed by atoms with Gasteiger partial charge in [-0.2, -0.15) is 0 Å². The Morgan fingerprint density at radius 2 is 0.687 bits per heavy atom. The van der Waals surface area contributed by atoms with Gasteiger partial charge >= 0.3 is 20.1 Å². The number of benzene rings is 8. The number of rotatable bonds is 10. The summed E-state index contributed by atoms with van der Waals surface area (Å²) in [6.07, 6.45) is 5.27. The van der Waals surface area contributed by atoms with Crippen LogP contribution in [0.2, 0.25) is 0 Å². The summed E-state index contributed by atoms with van der Waals surface area (Å²) in [5.41, 5.74) is 16.6. The Hall–Kier alpha value is -8.14. The normalized spacial score (nSPS) is 11.9. The predicted octanol–water partition coefficient (Wildman–Crippen LogP) is 15.9. The third-order valence-corrected chi connectivity index (χ3v) is 11.7. The maximum Gasteiger partial charge on any atom is 3.00 e. The second kappa shape index (κ2) is 19.5. The summed E-state index contributed by atoms with van der Waals surface area (Å²) in [6.45, 7) is 0. The molecule has 0 aliphatic rings. The van der Waals surface area contributed by atoms with Crippen LogP contribution in [0.3, 0.4) is 0 Å². The zero-order valence-corrected chi connectivity index (χ0v) is 38.3. The van der Waals surface area contributed by atoms with Crippen molar-refractivity contribution in [2.75, 3.05) is 0 Å².